The third-order valence-corrected chi connectivity index (χ3v) is 4.35. The number of hydrogen-bond acceptors (Lipinski definition) is 4. The van der Waals surface area contributed by atoms with Gasteiger partial charge in [-0.15, -0.1) is 11.3 Å². The fraction of sp³-hybridized carbons (Fsp3) is 0.375. The van der Waals surface area contributed by atoms with E-state index in [0.717, 1.165) is 11.3 Å². The summed E-state index contributed by atoms with van der Waals surface area (Å²) in [6, 6.07) is 8.05. The highest BCUT2D eigenvalue weighted by Gasteiger charge is 2.15. The van der Waals surface area contributed by atoms with Gasteiger partial charge >= 0.3 is 6.03 Å². The molecule has 0 aromatic carbocycles. The summed E-state index contributed by atoms with van der Waals surface area (Å²) >= 11 is 1.70. The lowest BCUT2D eigenvalue weighted by atomic mass is 10.2. The first-order chi connectivity index (χ1) is 10.6. The van der Waals surface area contributed by atoms with Gasteiger partial charge in [-0.25, -0.2) is 4.79 Å². The van der Waals surface area contributed by atoms with Crippen molar-refractivity contribution < 1.29 is 4.79 Å². The zero-order valence-corrected chi connectivity index (χ0v) is 14.0. The second-order valence-corrected chi connectivity index (χ2v) is 6.35. The molecule has 0 unspecified atom stereocenters. The Labute approximate surface area is 135 Å². The van der Waals surface area contributed by atoms with Crippen molar-refractivity contribution >= 4 is 17.4 Å². The fourth-order valence-corrected chi connectivity index (χ4v) is 2.98. The van der Waals surface area contributed by atoms with Gasteiger partial charge in [0.2, 0.25) is 0 Å². The number of amides is 2. The van der Waals surface area contributed by atoms with Crippen LogP contribution in [0, 0.1) is 6.92 Å². The zero-order chi connectivity index (χ0) is 15.9. The molecule has 2 N–H and O–H groups in total. The maximum atomic E-state index is 11.9. The third kappa shape index (κ3) is 4.82. The van der Waals surface area contributed by atoms with Gasteiger partial charge in [-0.3, -0.25) is 4.98 Å². The fourth-order valence-electron chi connectivity index (χ4n) is 2.06. The Morgan fingerprint density at radius 2 is 2.14 bits per heavy atom. The Balaban J connectivity index is 1.80. The molecule has 0 radical (unpaired) electrons. The number of aromatic nitrogens is 1. The molecule has 0 saturated carbocycles. The van der Waals surface area contributed by atoms with Crippen molar-refractivity contribution in [3.63, 3.8) is 0 Å². The van der Waals surface area contributed by atoms with Crippen LogP contribution in [0.15, 0.2) is 35.8 Å². The highest BCUT2D eigenvalue weighted by molar-refractivity contribution is 7.10. The lowest BCUT2D eigenvalue weighted by Crippen LogP contribution is -2.40. The summed E-state index contributed by atoms with van der Waals surface area (Å²) in [4.78, 5) is 19.5. The van der Waals surface area contributed by atoms with Gasteiger partial charge < -0.3 is 15.5 Å². The molecule has 0 aliphatic heterocycles. The lowest BCUT2D eigenvalue weighted by molar-refractivity contribution is 0.233. The molecule has 2 heterocycles. The van der Waals surface area contributed by atoms with Crippen LogP contribution >= 0.6 is 11.3 Å². The molecule has 118 valence electrons. The highest BCUT2D eigenvalue weighted by atomic mass is 32.1. The van der Waals surface area contributed by atoms with Crippen LogP contribution in [0.2, 0.25) is 0 Å². The first-order valence-corrected chi connectivity index (χ1v) is 8.07. The Morgan fingerprint density at radius 3 is 2.73 bits per heavy atom. The summed E-state index contributed by atoms with van der Waals surface area (Å²) in [7, 11) is 4.03. The number of urea groups is 1. The summed E-state index contributed by atoms with van der Waals surface area (Å²) < 4.78 is 0. The number of aryl methyl sites for hydroxylation is 1. The number of carbonyl (C=O) groups excluding carboxylic acids is 1. The van der Waals surface area contributed by atoms with Crippen LogP contribution in [0.1, 0.15) is 22.2 Å². The summed E-state index contributed by atoms with van der Waals surface area (Å²) in [5.74, 6) is 0. The Kier molecular flexibility index (Phi) is 5.91. The van der Waals surface area contributed by atoms with Crippen molar-refractivity contribution in [3.05, 3.63) is 52.0 Å². The van der Waals surface area contributed by atoms with Crippen LogP contribution in [-0.4, -0.2) is 36.6 Å². The molecule has 2 aromatic heterocycles. The SMILES string of the molecule is Cc1ccc(CNC(=O)NC[C@@H](c2cccs2)N(C)C)cn1. The van der Waals surface area contributed by atoms with E-state index < -0.39 is 0 Å². The molecule has 0 aliphatic rings. The van der Waals surface area contributed by atoms with E-state index in [1.54, 1.807) is 17.5 Å². The molecular formula is C16H22N4OS. The molecule has 2 amide bonds. The van der Waals surface area contributed by atoms with Gasteiger partial charge in [0.15, 0.2) is 0 Å². The number of likely N-dealkylation sites (N-methyl/N-ethyl adjacent to an activating group) is 1. The molecule has 0 bridgehead atoms. The molecule has 5 nitrogen and oxygen atoms in total. The van der Waals surface area contributed by atoms with E-state index in [1.165, 1.54) is 4.88 Å². The van der Waals surface area contributed by atoms with E-state index >= 15 is 0 Å². The standard InChI is InChI=1S/C16H22N4OS/c1-12-6-7-13(9-17-12)10-18-16(21)19-11-14(20(2)3)15-5-4-8-22-15/h4-9,14H,10-11H2,1-3H3,(H2,18,19,21)/t14-/m0/s1. The highest BCUT2D eigenvalue weighted by Crippen LogP contribution is 2.22. The largest absolute Gasteiger partial charge is 0.336 e. The van der Waals surface area contributed by atoms with Crippen LogP contribution in [0.5, 0.6) is 0 Å². The molecule has 22 heavy (non-hydrogen) atoms. The van der Waals surface area contributed by atoms with E-state index in [1.807, 2.05) is 39.2 Å². The lowest BCUT2D eigenvalue weighted by Gasteiger charge is -2.23. The van der Waals surface area contributed by atoms with Crippen LogP contribution in [0.3, 0.4) is 0 Å². The van der Waals surface area contributed by atoms with Gasteiger partial charge in [-0.2, -0.15) is 0 Å². The smallest absolute Gasteiger partial charge is 0.315 e. The number of carbonyl (C=O) groups is 1. The number of rotatable bonds is 6. The number of nitrogens with zero attached hydrogens (tertiary/aromatic N) is 2. The van der Waals surface area contributed by atoms with Crippen LogP contribution in [-0.2, 0) is 6.54 Å². The number of thiophene rings is 1. The third-order valence-electron chi connectivity index (χ3n) is 3.38. The van der Waals surface area contributed by atoms with Crippen molar-refractivity contribution in [2.24, 2.45) is 0 Å². The molecular weight excluding hydrogens is 296 g/mol. The van der Waals surface area contributed by atoms with Crippen LogP contribution in [0.4, 0.5) is 4.79 Å². The predicted octanol–water partition coefficient (Wildman–Crippen LogP) is 2.55. The van der Waals surface area contributed by atoms with E-state index in [2.05, 4.69) is 32.0 Å². The second-order valence-electron chi connectivity index (χ2n) is 5.37. The van der Waals surface area contributed by atoms with E-state index in [9.17, 15) is 4.79 Å². The summed E-state index contributed by atoms with van der Waals surface area (Å²) in [6.45, 7) is 2.99. The van der Waals surface area contributed by atoms with Crippen molar-refractivity contribution in [3.8, 4) is 0 Å². The van der Waals surface area contributed by atoms with E-state index in [0.29, 0.717) is 13.1 Å². The quantitative estimate of drug-likeness (QED) is 0.860. The summed E-state index contributed by atoms with van der Waals surface area (Å²) in [5, 5.41) is 7.83. The van der Waals surface area contributed by atoms with Gasteiger partial charge in [0, 0.05) is 29.9 Å². The molecule has 0 saturated heterocycles. The van der Waals surface area contributed by atoms with Crippen molar-refractivity contribution in [2.45, 2.75) is 19.5 Å². The summed E-state index contributed by atoms with van der Waals surface area (Å²) in [5.41, 5.74) is 1.96. The molecule has 0 spiro atoms. The predicted molar refractivity (Wildman–Crippen MR) is 90.0 cm³/mol. The Bertz CT molecular complexity index is 581. The number of nitrogens with one attached hydrogen (secondary N) is 2. The minimum absolute atomic E-state index is 0.163. The molecule has 0 fully saturated rings. The second kappa shape index (κ2) is 7.91. The van der Waals surface area contributed by atoms with Gasteiger partial charge in [0.1, 0.15) is 0 Å². The number of pyridine rings is 1. The van der Waals surface area contributed by atoms with Crippen molar-refractivity contribution in [2.75, 3.05) is 20.6 Å². The normalized spacial score (nSPS) is 12.2. The minimum Gasteiger partial charge on any atom is -0.336 e. The Morgan fingerprint density at radius 1 is 1.32 bits per heavy atom. The van der Waals surface area contributed by atoms with Crippen LogP contribution < -0.4 is 10.6 Å². The zero-order valence-electron chi connectivity index (χ0n) is 13.2. The van der Waals surface area contributed by atoms with Gasteiger partial charge in [0.05, 0.1) is 6.04 Å². The van der Waals surface area contributed by atoms with E-state index in [-0.39, 0.29) is 12.1 Å². The molecule has 2 rings (SSSR count). The first-order valence-electron chi connectivity index (χ1n) is 7.19. The van der Waals surface area contributed by atoms with Crippen LogP contribution in [0.25, 0.3) is 0 Å². The van der Waals surface area contributed by atoms with Gasteiger partial charge in [-0.05, 0) is 44.1 Å². The average Bonchev–Trinajstić information content (AvgIpc) is 3.00. The maximum Gasteiger partial charge on any atom is 0.315 e. The van der Waals surface area contributed by atoms with Gasteiger partial charge in [-0.1, -0.05) is 12.1 Å². The molecule has 2 aromatic rings. The molecule has 6 heteroatoms. The minimum atomic E-state index is -0.163. The van der Waals surface area contributed by atoms with E-state index in [4.69, 9.17) is 0 Å². The Hall–Kier alpha value is -1.92. The topological polar surface area (TPSA) is 57.3 Å². The number of hydrogen-bond donors (Lipinski definition) is 2. The summed E-state index contributed by atoms with van der Waals surface area (Å²) in [6.07, 6.45) is 1.78. The average molecular weight is 318 g/mol. The maximum absolute atomic E-state index is 11.9. The monoisotopic (exact) mass is 318 g/mol. The van der Waals surface area contributed by atoms with Crippen molar-refractivity contribution in [1.29, 1.82) is 0 Å². The molecule has 0 aliphatic carbocycles. The molecule has 1 atom stereocenters. The van der Waals surface area contributed by atoms with Crippen molar-refractivity contribution in [1.82, 2.24) is 20.5 Å². The van der Waals surface area contributed by atoms with Gasteiger partial charge in [0.25, 0.3) is 0 Å². The first kappa shape index (κ1) is 16.5.